The molecule has 0 saturated carbocycles. The predicted octanol–water partition coefficient (Wildman–Crippen LogP) is 1.88. The SMILES string of the molecule is Cn1nnc(Br)c1CCC(N)C(C)(C)C. The molecule has 0 spiro atoms. The summed E-state index contributed by atoms with van der Waals surface area (Å²) in [4.78, 5) is 0. The highest BCUT2D eigenvalue weighted by molar-refractivity contribution is 9.10. The number of aromatic nitrogens is 3. The molecule has 0 aliphatic heterocycles. The molecule has 0 aliphatic carbocycles. The van der Waals surface area contributed by atoms with Crippen molar-refractivity contribution in [2.75, 3.05) is 0 Å². The van der Waals surface area contributed by atoms with E-state index in [2.05, 4.69) is 47.0 Å². The lowest BCUT2D eigenvalue weighted by molar-refractivity contribution is 0.304. The average Bonchev–Trinajstić information content (AvgIpc) is 2.41. The van der Waals surface area contributed by atoms with Crippen molar-refractivity contribution in [2.45, 2.75) is 39.7 Å². The summed E-state index contributed by atoms with van der Waals surface area (Å²) in [6.07, 6.45) is 1.85. The smallest absolute Gasteiger partial charge is 0.151 e. The molecule has 2 N–H and O–H groups in total. The third-order valence-electron chi connectivity index (χ3n) is 2.70. The van der Waals surface area contributed by atoms with Crippen LogP contribution in [0, 0.1) is 5.41 Å². The van der Waals surface area contributed by atoms with Crippen LogP contribution in [0.4, 0.5) is 0 Å². The van der Waals surface area contributed by atoms with Crippen molar-refractivity contribution >= 4 is 15.9 Å². The van der Waals surface area contributed by atoms with Crippen LogP contribution >= 0.6 is 15.9 Å². The maximum atomic E-state index is 6.10. The lowest BCUT2D eigenvalue weighted by Crippen LogP contribution is -2.35. The van der Waals surface area contributed by atoms with Crippen molar-refractivity contribution < 1.29 is 0 Å². The number of hydrogen-bond acceptors (Lipinski definition) is 3. The number of aryl methyl sites for hydroxylation is 1. The van der Waals surface area contributed by atoms with Gasteiger partial charge in [-0.3, -0.25) is 4.68 Å². The number of hydrogen-bond donors (Lipinski definition) is 1. The minimum atomic E-state index is 0.151. The summed E-state index contributed by atoms with van der Waals surface area (Å²) >= 11 is 3.38. The van der Waals surface area contributed by atoms with Crippen LogP contribution in [0.5, 0.6) is 0 Å². The molecule has 1 aromatic heterocycles. The van der Waals surface area contributed by atoms with Gasteiger partial charge in [0.05, 0.1) is 5.69 Å². The molecule has 0 fully saturated rings. The minimum Gasteiger partial charge on any atom is -0.327 e. The highest BCUT2D eigenvalue weighted by Gasteiger charge is 2.21. The highest BCUT2D eigenvalue weighted by atomic mass is 79.9. The summed E-state index contributed by atoms with van der Waals surface area (Å²) in [5.41, 5.74) is 7.36. The minimum absolute atomic E-state index is 0.151. The Morgan fingerprint density at radius 2 is 2.07 bits per heavy atom. The van der Waals surface area contributed by atoms with Crippen LogP contribution in [0.15, 0.2) is 4.60 Å². The van der Waals surface area contributed by atoms with Crippen molar-refractivity contribution in [2.24, 2.45) is 18.2 Å². The monoisotopic (exact) mass is 274 g/mol. The Bertz CT molecular complexity index is 307. The Kier molecular flexibility index (Phi) is 3.89. The lowest BCUT2D eigenvalue weighted by atomic mass is 9.84. The van der Waals surface area contributed by atoms with Crippen LogP contribution in [-0.2, 0) is 13.5 Å². The van der Waals surface area contributed by atoms with E-state index in [1.54, 1.807) is 4.68 Å². The van der Waals surface area contributed by atoms with Crippen LogP contribution in [0.25, 0.3) is 0 Å². The molecule has 1 aromatic rings. The predicted molar refractivity (Wildman–Crippen MR) is 64.5 cm³/mol. The van der Waals surface area contributed by atoms with Crippen molar-refractivity contribution in [3.8, 4) is 0 Å². The van der Waals surface area contributed by atoms with Crippen LogP contribution in [0.2, 0.25) is 0 Å². The van der Waals surface area contributed by atoms with Gasteiger partial charge >= 0.3 is 0 Å². The normalized spacial score (nSPS) is 14.3. The molecule has 0 saturated heterocycles. The zero-order chi connectivity index (χ0) is 11.6. The maximum Gasteiger partial charge on any atom is 0.151 e. The number of halogens is 1. The van der Waals surface area contributed by atoms with Gasteiger partial charge in [0.15, 0.2) is 4.60 Å². The molecule has 0 aromatic carbocycles. The van der Waals surface area contributed by atoms with Gasteiger partial charge in [-0.2, -0.15) is 0 Å². The van der Waals surface area contributed by atoms with Crippen LogP contribution < -0.4 is 5.73 Å². The molecule has 1 heterocycles. The molecule has 5 heteroatoms. The lowest BCUT2D eigenvalue weighted by Gasteiger charge is -2.26. The van der Waals surface area contributed by atoms with E-state index in [4.69, 9.17) is 5.73 Å². The van der Waals surface area contributed by atoms with Gasteiger partial charge in [0.1, 0.15) is 0 Å². The summed E-state index contributed by atoms with van der Waals surface area (Å²) < 4.78 is 2.62. The third-order valence-corrected chi connectivity index (χ3v) is 3.32. The van der Waals surface area contributed by atoms with E-state index >= 15 is 0 Å². The second-order valence-corrected chi connectivity index (χ2v) is 5.71. The molecule has 0 bridgehead atoms. The number of rotatable bonds is 3. The van der Waals surface area contributed by atoms with Gasteiger partial charge in [-0.25, -0.2) is 0 Å². The Hall–Kier alpha value is -0.420. The van der Waals surface area contributed by atoms with Crippen LogP contribution in [-0.4, -0.2) is 21.0 Å². The van der Waals surface area contributed by atoms with Gasteiger partial charge in [0.25, 0.3) is 0 Å². The molecule has 4 nitrogen and oxygen atoms in total. The Balaban J connectivity index is 2.58. The first-order chi connectivity index (χ1) is 6.82. The zero-order valence-electron chi connectivity index (χ0n) is 9.79. The number of nitrogens with two attached hydrogens (primary N) is 1. The fourth-order valence-electron chi connectivity index (χ4n) is 1.34. The van der Waals surface area contributed by atoms with E-state index in [-0.39, 0.29) is 11.5 Å². The van der Waals surface area contributed by atoms with Gasteiger partial charge in [-0.15, -0.1) is 5.10 Å². The molecule has 0 aliphatic rings. The number of nitrogens with zero attached hydrogens (tertiary/aromatic N) is 3. The van der Waals surface area contributed by atoms with E-state index in [1.165, 1.54) is 0 Å². The highest BCUT2D eigenvalue weighted by Crippen LogP contribution is 2.22. The van der Waals surface area contributed by atoms with E-state index in [9.17, 15) is 0 Å². The van der Waals surface area contributed by atoms with E-state index in [1.807, 2.05) is 7.05 Å². The topological polar surface area (TPSA) is 56.7 Å². The fraction of sp³-hybridized carbons (Fsp3) is 0.800. The van der Waals surface area contributed by atoms with E-state index < -0.39 is 0 Å². The van der Waals surface area contributed by atoms with Gasteiger partial charge < -0.3 is 5.73 Å². The molecule has 15 heavy (non-hydrogen) atoms. The largest absolute Gasteiger partial charge is 0.327 e. The second-order valence-electron chi connectivity index (χ2n) is 4.96. The molecule has 0 radical (unpaired) electrons. The first-order valence-corrected chi connectivity index (χ1v) is 5.91. The van der Waals surface area contributed by atoms with Crippen molar-refractivity contribution in [3.63, 3.8) is 0 Å². The first kappa shape index (κ1) is 12.6. The zero-order valence-corrected chi connectivity index (χ0v) is 11.4. The summed E-state index contributed by atoms with van der Waals surface area (Å²) in [6.45, 7) is 6.48. The summed E-state index contributed by atoms with van der Waals surface area (Å²) in [5.74, 6) is 0. The summed E-state index contributed by atoms with van der Waals surface area (Å²) in [5, 5.41) is 7.88. The molecule has 1 unspecified atom stereocenters. The maximum absolute atomic E-state index is 6.10. The van der Waals surface area contributed by atoms with Gasteiger partial charge in [0, 0.05) is 13.1 Å². The Labute approximate surface area is 99.4 Å². The second kappa shape index (κ2) is 4.61. The third kappa shape index (κ3) is 3.28. The molecular formula is C10H19BrN4. The molecule has 1 rings (SSSR count). The Morgan fingerprint density at radius 3 is 2.47 bits per heavy atom. The van der Waals surface area contributed by atoms with E-state index in [0.29, 0.717) is 0 Å². The van der Waals surface area contributed by atoms with Crippen LogP contribution in [0.1, 0.15) is 32.9 Å². The fourth-order valence-corrected chi connectivity index (χ4v) is 1.87. The van der Waals surface area contributed by atoms with Crippen molar-refractivity contribution in [3.05, 3.63) is 10.3 Å². The summed E-state index contributed by atoms with van der Waals surface area (Å²) in [7, 11) is 1.90. The van der Waals surface area contributed by atoms with Crippen molar-refractivity contribution in [1.82, 2.24) is 15.0 Å². The van der Waals surface area contributed by atoms with Gasteiger partial charge in [-0.1, -0.05) is 26.0 Å². The van der Waals surface area contributed by atoms with Gasteiger partial charge in [0.2, 0.25) is 0 Å². The van der Waals surface area contributed by atoms with Crippen LogP contribution in [0.3, 0.4) is 0 Å². The molecule has 86 valence electrons. The van der Waals surface area contributed by atoms with Gasteiger partial charge in [-0.05, 0) is 34.2 Å². The molecular weight excluding hydrogens is 256 g/mol. The van der Waals surface area contributed by atoms with E-state index in [0.717, 1.165) is 23.1 Å². The molecule has 1 atom stereocenters. The summed E-state index contributed by atoms with van der Waals surface area (Å²) in [6, 6.07) is 0.194. The average molecular weight is 275 g/mol. The quantitative estimate of drug-likeness (QED) is 0.916. The Morgan fingerprint density at radius 1 is 1.47 bits per heavy atom. The molecule has 0 amide bonds. The first-order valence-electron chi connectivity index (χ1n) is 5.12. The standard InChI is InChI=1S/C10H19BrN4/c1-10(2,3)8(12)6-5-7-9(11)13-14-15(7)4/h8H,5-6,12H2,1-4H3. The van der Waals surface area contributed by atoms with Crippen molar-refractivity contribution in [1.29, 1.82) is 0 Å².